The van der Waals surface area contributed by atoms with Crippen LogP contribution >= 0.6 is 0 Å². The molecule has 0 N–H and O–H groups in total. The van der Waals surface area contributed by atoms with E-state index in [4.69, 9.17) is 9.47 Å². The molecule has 2 atom stereocenters. The minimum absolute atomic E-state index is 0.214. The second-order valence-corrected chi connectivity index (χ2v) is 4.71. The van der Waals surface area contributed by atoms with Crippen LogP contribution in [0.2, 0.25) is 0 Å². The first-order chi connectivity index (χ1) is 9.56. The maximum atomic E-state index is 13.4. The largest absolute Gasteiger partial charge is 0.466 e. The average molecular weight is 280 g/mol. The summed E-state index contributed by atoms with van der Waals surface area (Å²) in [6.07, 6.45) is 0.300. The van der Waals surface area contributed by atoms with E-state index in [1.807, 2.05) is 0 Å². The average Bonchev–Trinajstić information content (AvgIpc) is 3.16. The number of carbonyl (C=O) groups excluding carboxylic acids is 2. The predicted molar refractivity (Wildman–Crippen MR) is 69.5 cm³/mol. The van der Waals surface area contributed by atoms with Crippen molar-refractivity contribution >= 4 is 11.9 Å². The van der Waals surface area contributed by atoms with Crippen LogP contribution in [0.25, 0.3) is 0 Å². The number of rotatable bonds is 5. The highest BCUT2D eigenvalue weighted by Gasteiger charge is 2.66. The molecule has 1 saturated carbocycles. The van der Waals surface area contributed by atoms with Crippen molar-refractivity contribution in [2.24, 2.45) is 5.92 Å². The van der Waals surface area contributed by atoms with E-state index in [-0.39, 0.29) is 13.2 Å². The lowest BCUT2D eigenvalue weighted by molar-refractivity contribution is -0.152. The molecule has 0 bridgehead atoms. The highest BCUT2D eigenvalue weighted by molar-refractivity contribution is 5.96. The molecule has 0 aliphatic heterocycles. The Hall–Kier alpha value is -1.91. The van der Waals surface area contributed by atoms with Gasteiger partial charge in [-0.2, -0.15) is 0 Å². The topological polar surface area (TPSA) is 52.6 Å². The van der Waals surface area contributed by atoms with Crippen LogP contribution in [0.4, 0.5) is 4.39 Å². The second kappa shape index (κ2) is 5.61. The third kappa shape index (κ3) is 2.40. The van der Waals surface area contributed by atoms with Crippen molar-refractivity contribution in [3.8, 4) is 0 Å². The molecule has 0 radical (unpaired) electrons. The van der Waals surface area contributed by atoms with E-state index in [0.717, 1.165) is 0 Å². The first-order valence-electron chi connectivity index (χ1n) is 6.66. The molecule has 0 heterocycles. The molecule has 0 aromatic heterocycles. The Bertz CT molecular complexity index is 528. The zero-order chi connectivity index (χ0) is 14.8. The number of esters is 2. The normalized spacial score (nSPS) is 24.1. The summed E-state index contributed by atoms with van der Waals surface area (Å²) in [5.74, 6) is -1.97. The number of ether oxygens (including phenoxy) is 2. The lowest BCUT2D eigenvalue weighted by Gasteiger charge is -2.16. The summed E-state index contributed by atoms with van der Waals surface area (Å²) in [4.78, 5) is 24.1. The van der Waals surface area contributed by atoms with Crippen LogP contribution in [0.5, 0.6) is 0 Å². The van der Waals surface area contributed by atoms with Gasteiger partial charge in [-0.1, -0.05) is 12.1 Å². The van der Waals surface area contributed by atoms with Gasteiger partial charge in [0.1, 0.15) is 11.2 Å². The summed E-state index contributed by atoms with van der Waals surface area (Å²) in [5, 5.41) is 0. The first-order valence-corrected chi connectivity index (χ1v) is 6.66. The smallest absolute Gasteiger partial charge is 0.317 e. The molecule has 1 aliphatic rings. The molecule has 0 amide bonds. The van der Waals surface area contributed by atoms with Gasteiger partial charge in [-0.15, -0.1) is 0 Å². The third-order valence-corrected chi connectivity index (χ3v) is 3.51. The predicted octanol–water partition coefficient (Wildman–Crippen LogP) is 2.21. The van der Waals surface area contributed by atoms with Crippen molar-refractivity contribution in [3.05, 3.63) is 35.6 Å². The van der Waals surface area contributed by atoms with Gasteiger partial charge >= 0.3 is 11.9 Å². The number of benzene rings is 1. The Kier molecular flexibility index (Phi) is 4.06. The minimum Gasteiger partial charge on any atom is -0.466 e. The lowest BCUT2D eigenvalue weighted by atomic mass is 9.93. The fraction of sp³-hybridized carbons (Fsp3) is 0.467. The van der Waals surface area contributed by atoms with Crippen molar-refractivity contribution in [3.63, 3.8) is 0 Å². The summed E-state index contributed by atoms with van der Waals surface area (Å²) >= 11 is 0. The Morgan fingerprint density at radius 3 is 2.60 bits per heavy atom. The zero-order valence-corrected chi connectivity index (χ0v) is 11.5. The third-order valence-electron chi connectivity index (χ3n) is 3.51. The number of hydrogen-bond donors (Lipinski definition) is 0. The van der Waals surface area contributed by atoms with Gasteiger partial charge in [0.25, 0.3) is 0 Å². The Labute approximate surface area is 116 Å². The summed E-state index contributed by atoms with van der Waals surface area (Å²) < 4.78 is 23.4. The molecule has 1 aromatic rings. The molecule has 0 unspecified atom stereocenters. The number of hydrogen-bond acceptors (Lipinski definition) is 4. The maximum absolute atomic E-state index is 13.4. The molecule has 1 fully saturated rings. The SMILES string of the molecule is CCOC(=O)[C@H]1C[C@@]1(C(=O)OCC)c1cccc(F)c1. The van der Waals surface area contributed by atoms with Crippen molar-refractivity contribution < 1.29 is 23.5 Å². The van der Waals surface area contributed by atoms with Gasteiger partial charge in [0.2, 0.25) is 0 Å². The van der Waals surface area contributed by atoms with Crippen LogP contribution in [0.15, 0.2) is 24.3 Å². The summed E-state index contributed by atoms with van der Waals surface area (Å²) in [6.45, 7) is 3.86. The number of carbonyl (C=O) groups is 2. The fourth-order valence-electron chi connectivity index (χ4n) is 2.48. The maximum Gasteiger partial charge on any atom is 0.317 e. The molecular formula is C15H17FO4. The van der Waals surface area contributed by atoms with Gasteiger partial charge in [-0.25, -0.2) is 4.39 Å². The van der Waals surface area contributed by atoms with Crippen molar-refractivity contribution in [1.82, 2.24) is 0 Å². The Balaban J connectivity index is 2.33. The highest BCUT2D eigenvalue weighted by Crippen LogP contribution is 2.55. The van der Waals surface area contributed by atoms with Crippen LogP contribution in [0, 0.1) is 11.7 Å². The second-order valence-electron chi connectivity index (χ2n) is 4.71. The van der Waals surface area contributed by atoms with Crippen LogP contribution in [0.3, 0.4) is 0 Å². The van der Waals surface area contributed by atoms with Gasteiger partial charge in [-0.3, -0.25) is 9.59 Å². The van der Waals surface area contributed by atoms with Crippen molar-refractivity contribution in [2.75, 3.05) is 13.2 Å². The van der Waals surface area contributed by atoms with Gasteiger partial charge in [-0.05, 0) is 38.0 Å². The monoisotopic (exact) mass is 280 g/mol. The lowest BCUT2D eigenvalue weighted by Crippen LogP contribution is -2.28. The molecule has 20 heavy (non-hydrogen) atoms. The Morgan fingerprint density at radius 1 is 1.30 bits per heavy atom. The molecule has 4 nitrogen and oxygen atoms in total. The fourth-order valence-corrected chi connectivity index (χ4v) is 2.48. The van der Waals surface area contributed by atoms with Crippen molar-refractivity contribution in [2.45, 2.75) is 25.7 Å². The summed E-state index contributed by atoms with van der Waals surface area (Å²) in [7, 11) is 0. The number of halogens is 1. The van der Waals surface area contributed by atoms with E-state index in [9.17, 15) is 14.0 Å². The standard InChI is InChI=1S/C15H17FO4/c1-3-19-13(17)12-9-15(12,14(18)20-4-2)10-6-5-7-11(16)8-10/h5-8,12H,3-4,9H2,1-2H3/t12-,15-/m1/s1. The molecule has 2 rings (SSSR count). The molecule has 108 valence electrons. The van der Waals surface area contributed by atoms with E-state index in [2.05, 4.69) is 0 Å². The van der Waals surface area contributed by atoms with Crippen molar-refractivity contribution in [1.29, 1.82) is 0 Å². The van der Waals surface area contributed by atoms with Crippen LogP contribution in [-0.4, -0.2) is 25.2 Å². The van der Waals surface area contributed by atoms with Crippen LogP contribution in [-0.2, 0) is 24.5 Å². The molecule has 1 aromatic carbocycles. The molecular weight excluding hydrogens is 263 g/mol. The summed E-state index contributed by atoms with van der Waals surface area (Å²) in [5.41, 5.74) is -0.626. The van der Waals surface area contributed by atoms with E-state index in [0.29, 0.717) is 12.0 Å². The van der Waals surface area contributed by atoms with E-state index < -0.39 is 29.1 Å². The van der Waals surface area contributed by atoms with Gasteiger partial charge < -0.3 is 9.47 Å². The zero-order valence-electron chi connectivity index (χ0n) is 11.5. The van der Waals surface area contributed by atoms with Gasteiger partial charge in [0, 0.05) is 0 Å². The van der Waals surface area contributed by atoms with Gasteiger partial charge in [0.05, 0.1) is 19.1 Å². The Morgan fingerprint density at radius 2 is 2.00 bits per heavy atom. The minimum atomic E-state index is -1.09. The van der Waals surface area contributed by atoms with E-state index >= 15 is 0 Å². The highest BCUT2D eigenvalue weighted by atomic mass is 19.1. The van der Waals surface area contributed by atoms with E-state index in [1.165, 1.54) is 18.2 Å². The van der Waals surface area contributed by atoms with Crippen LogP contribution in [0.1, 0.15) is 25.8 Å². The molecule has 1 aliphatic carbocycles. The first kappa shape index (κ1) is 14.5. The van der Waals surface area contributed by atoms with Crippen LogP contribution < -0.4 is 0 Å². The molecule has 0 saturated heterocycles. The molecule has 0 spiro atoms. The quantitative estimate of drug-likeness (QED) is 0.776. The summed E-state index contributed by atoms with van der Waals surface area (Å²) in [6, 6.07) is 5.73. The molecule has 5 heteroatoms. The van der Waals surface area contributed by atoms with Gasteiger partial charge in [0.15, 0.2) is 0 Å². The van der Waals surface area contributed by atoms with E-state index in [1.54, 1.807) is 19.9 Å².